The number of hydrogen-bond acceptors (Lipinski definition) is 5. The van der Waals surface area contributed by atoms with Crippen LogP contribution in [0.4, 0.5) is 0 Å². The van der Waals surface area contributed by atoms with Gasteiger partial charge in [0.1, 0.15) is 12.9 Å². The first kappa shape index (κ1) is 21.8. The van der Waals surface area contributed by atoms with Crippen LogP contribution in [0.3, 0.4) is 0 Å². The highest BCUT2D eigenvalue weighted by Gasteiger charge is 1.93. The van der Waals surface area contributed by atoms with E-state index in [0.717, 1.165) is 18.7 Å². The van der Waals surface area contributed by atoms with Crippen molar-refractivity contribution in [2.45, 2.75) is 40.7 Å². The Bertz CT molecular complexity index is 184. The van der Waals surface area contributed by atoms with Crippen LogP contribution in [0.1, 0.15) is 34.6 Å². The van der Waals surface area contributed by atoms with E-state index in [2.05, 4.69) is 39.9 Å². The molecule has 0 spiro atoms. The van der Waals surface area contributed by atoms with Gasteiger partial charge in [0, 0.05) is 12.6 Å². The van der Waals surface area contributed by atoms with E-state index in [0.29, 0.717) is 39.1 Å². The van der Waals surface area contributed by atoms with Gasteiger partial charge in [-0.05, 0) is 5.92 Å². The van der Waals surface area contributed by atoms with E-state index >= 15 is 0 Å². The first-order valence-corrected chi connectivity index (χ1v) is 7.40. The highest BCUT2D eigenvalue weighted by atomic mass is 16.5. The van der Waals surface area contributed by atoms with Crippen LogP contribution in [0.2, 0.25) is 0 Å². The maximum absolute atomic E-state index is 9.90. The van der Waals surface area contributed by atoms with Gasteiger partial charge >= 0.3 is 0 Å². The van der Waals surface area contributed by atoms with Gasteiger partial charge in [-0.2, -0.15) is 0 Å². The molecular weight excluding hydrogens is 258 g/mol. The Morgan fingerprint density at radius 1 is 0.850 bits per heavy atom. The van der Waals surface area contributed by atoms with Gasteiger partial charge < -0.3 is 24.3 Å². The van der Waals surface area contributed by atoms with Crippen LogP contribution in [0, 0.1) is 5.92 Å². The zero-order chi connectivity index (χ0) is 15.6. The molecule has 0 aromatic carbocycles. The second-order valence-corrected chi connectivity index (χ2v) is 5.31. The van der Waals surface area contributed by atoms with Crippen LogP contribution >= 0.6 is 0 Å². The summed E-state index contributed by atoms with van der Waals surface area (Å²) in [5, 5.41) is 3.25. The number of carbonyl (C=O) groups is 1. The fourth-order valence-electron chi connectivity index (χ4n) is 0.991. The highest BCUT2D eigenvalue weighted by Crippen LogP contribution is 1.82. The molecule has 0 aromatic heterocycles. The molecule has 0 aliphatic rings. The predicted molar refractivity (Wildman–Crippen MR) is 82.2 cm³/mol. The molecule has 0 aromatic rings. The normalized spacial score (nSPS) is 10.6. The van der Waals surface area contributed by atoms with Crippen LogP contribution in [0.15, 0.2) is 0 Å². The zero-order valence-corrected chi connectivity index (χ0v) is 13.8. The third-order valence-corrected chi connectivity index (χ3v) is 1.73. The fraction of sp³-hybridized carbons (Fsp3) is 0.933. The Kier molecular flexibility index (Phi) is 20.2. The number of aldehydes is 1. The number of rotatable bonds is 12. The maximum atomic E-state index is 9.90. The number of ether oxygens (including phenoxy) is 3. The summed E-state index contributed by atoms with van der Waals surface area (Å²) in [5.74, 6) is 0.833. The Morgan fingerprint density at radius 3 is 1.75 bits per heavy atom. The van der Waals surface area contributed by atoms with Crippen molar-refractivity contribution in [2.24, 2.45) is 5.92 Å². The van der Waals surface area contributed by atoms with Crippen LogP contribution in [-0.4, -0.2) is 58.5 Å². The summed E-state index contributed by atoms with van der Waals surface area (Å²) in [6.07, 6.45) is 0.727. The van der Waals surface area contributed by atoms with E-state index in [1.54, 1.807) is 0 Å². The van der Waals surface area contributed by atoms with Gasteiger partial charge in [-0.15, -0.1) is 0 Å². The predicted octanol–water partition coefficient (Wildman–Crippen LogP) is 1.90. The second-order valence-electron chi connectivity index (χ2n) is 5.31. The minimum atomic E-state index is 0.140. The van der Waals surface area contributed by atoms with Gasteiger partial charge in [0.2, 0.25) is 0 Å². The topological polar surface area (TPSA) is 56.8 Å². The molecule has 0 heterocycles. The Labute approximate surface area is 124 Å². The van der Waals surface area contributed by atoms with E-state index in [1.807, 2.05) is 0 Å². The van der Waals surface area contributed by atoms with Crippen molar-refractivity contribution < 1.29 is 19.0 Å². The monoisotopic (exact) mass is 291 g/mol. The second kappa shape index (κ2) is 18.5. The molecule has 0 fully saturated rings. The van der Waals surface area contributed by atoms with Crippen LogP contribution in [-0.2, 0) is 19.0 Å². The van der Waals surface area contributed by atoms with Crippen molar-refractivity contribution in [2.75, 3.05) is 46.2 Å². The summed E-state index contributed by atoms with van der Waals surface area (Å²) in [4.78, 5) is 9.90. The molecule has 20 heavy (non-hydrogen) atoms. The summed E-state index contributed by atoms with van der Waals surface area (Å²) in [5.41, 5.74) is 0. The third kappa shape index (κ3) is 30.5. The summed E-state index contributed by atoms with van der Waals surface area (Å²) >= 11 is 0. The van der Waals surface area contributed by atoms with Crippen LogP contribution < -0.4 is 5.32 Å². The van der Waals surface area contributed by atoms with Crippen molar-refractivity contribution in [1.29, 1.82) is 0 Å². The lowest BCUT2D eigenvalue weighted by Crippen LogP contribution is -2.27. The van der Waals surface area contributed by atoms with Gasteiger partial charge in [0.25, 0.3) is 0 Å². The molecule has 0 rings (SSSR count). The zero-order valence-electron chi connectivity index (χ0n) is 13.8. The van der Waals surface area contributed by atoms with Crippen molar-refractivity contribution in [3.8, 4) is 0 Å². The fourth-order valence-corrected chi connectivity index (χ4v) is 0.991. The first-order valence-electron chi connectivity index (χ1n) is 7.40. The largest absolute Gasteiger partial charge is 0.378 e. The molecule has 0 unspecified atom stereocenters. The number of nitrogens with one attached hydrogen (secondary N) is 1. The molecule has 0 saturated carbocycles. The summed E-state index contributed by atoms with van der Waals surface area (Å²) in [6, 6.07) is 0.495. The van der Waals surface area contributed by atoms with Gasteiger partial charge in [-0.25, -0.2) is 0 Å². The van der Waals surface area contributed by atoms with Gasteiger partial charge in [-0.3, -0.25) is 0 Å². The van der Waals surface area contributed by atoms with Gasteiger partial charge in [0.15, 0.2) is 0 Å². The van der Waals surface area contributed by atoms with Crippen molar-refractivity contribution in [3.63, 3.8) is 0 Å². The average molecular weight is 291 g/mol. The molecule has 0 atom stereocenters. The minimum Gasteiger partial charge on any atom is -0.378 e. The average Bonchev–Trinajstić information content (AvgIpc) is 2.35. The van der Waals surface area contributed by atoms with Crippen LogP contribution in [0.5, 0.6) is 0 Å². The summed E-state index contributed by atoms with van der Waals surface area (Å²) in [7, 11) is 0. The Balaban J connectivity index is 0. The molecule has 1 N–H and O–H groups in total. The molecule has 0 saturated heterocycles. The molecule has 5 nitrogen and oxygen atoms in total. The Morgan fingerprint density at radius 2 is 1.30 bits per heavy atom. The van der Waals surface area contributed by atoms with Gasteiger partial charge in [-0.1, -0.05) is 34.6 Å². The van der Waals surface area contributed by atoms with E-state index in [9.17, 15) is 4.79 Å². The molecular formula is C15H33NO4. The van der Waals surface area contributed by atoms with Crippen molar-refractivity contribution in [3.05, 3.63) is 0 Å². The standard InChI is InChI=1S/C11H23NO4.C4H10/c1-11(2)12-3-5-14-7-9-16-10-8-15-6-4-13;1-4(2)3/h4,11-12H,3,5-10H2,1-2H3;4H,1-3H3. The van der Waals surface area contributed by atoms with Gasteiger partial charge in [0.05, 0.1) is 33.0 Å². The van der Waals surface area contributed by atoms with E-state index in [1.165, 1.54) is 0 Å². The summed E-state index contributed by atoms with van der Waals surface area (Å²) < 4.78 is 15.5. The molecule has 0 aliphatic carbocycles. The number of hydrogen-bond donors (Lipinski definition) is 1. The lowest BCUT2D eigenvalue weighted by atomic mass is 10.3. The molecule has 122 valence electrons. The van der Waals surface area contributed by atoms with Crippen molar-refractivity contribution in [1.82, 2.24) is 5.32 Å². The summed E-state index contributed by atoms with van der Waals surface area (Å²) in [6.45, 7) is 14.5. The third-order valence-electron chi connectivity index (χ3n) is 1.73. The maximum Gasteiger partial charge on any atom is 0.145 e. The number of carbonyl (C=O) groups excluding carboxylic acids is 1. The van der Waals surface area contributed by atoms with E-state index in [4.69, 9.17) is 14.2 Å². The molecule has 0 amide bonds. The molecule has 0 radical (unpaired) electrons. The lowest BCUT2D eigenvalue weighted by molar-refractivity contribution is -0.112. The smallest absolute Gasteiger partial charge is 0.145 e. The molecule has 0 aliphatic heterocycles. The Hall–Kier alpha value is -0.490. The van der Waals surface area contributed by atoms with Crippen molar-refractivity contribution >= 4 is 6.29 Å². The molecule has 5 heteroatoms. The minimum absolute atomic E-state index is 0.140. The van der Waals surface area contributed by atoms with E-state index < -0.39 is 0 Å². The molecule has 0 bridgehead atoms. The first-order chi connectivity index (χ1) is 9.50. The van der Waals surface area contributed by atoms with E-state index in [-0.39, 0.29) is 6.61 Å². The SMILES string of the molecule is CC(C)C.CC(C)NCCOCCOCCOCC=O. The van der Waals surface area contributed by atoms with Crippen LogP contribution in [0.25, 0.3) is 0 Å². The lowest BCUT2D eigenvalue weighted by Gasteiger charge is -2.08. The quantitative estimate of drug-likeness (QED) is 0.439. The highest BCUT2D eigenvalue weighted by molar-refractivity contribution is 5.50.